The van der Waals surface area contributed by atoms with E-state index in [1.165, 1.54) is 12.3 Å². The normalized spacial score (nSPS) is 18.1. The Labute approximate surface area is 101 Å². The zero-order chi connectivity index (χ0) is 12.5. The molecule has 0 unspecified atom stereocenters. The second-order valence-corrected chi connectivity index (χ2v) is 3.78. The van der Waals surface area contributed by atoms with Crippen molar-refractivity contribution in [3.8, 4) is 0 Å². The van der Waals surface area contributed by atoms with Crippen LogP contribution in [0.2, 0.25) is 0 Å². The van der Waals surface area contributed by atoms with Crippen molar-refractivity contribution in [2.75, 3.05) is 0 Å². The van der Waals surface area contributed by atoms with Gasteiger partial charge in [0.15, 0.2) is 0 Å². The van der Waals surface area contributed by atoms with Crippen LogP contribution in [-0.4, -0.2) is 17.3 Å². The van der Waals surface area contributed by atoms with Crippen LogP contribution in [0.4, 0.5) is 0 Å². The molecule has 0 aromatic rings. The highest BCUT2D eigenvalue weighted by Crippen LogP contribution is 2.27. The minimum Gasteiger partial charge on any atom is -0.516 e. The van der Waals surface area contributed by atoms with E-state index in [1.54, 1.807) is 12.2 Å². The minimum absolute atomic E-state index is 0.0265. The van der Waals surface area contributed by atoms with Crippen molar-refractivity contribution in [1.82, 2.24) is 0 Å². The summed E-state index contributed by atoms with van der Waals surface area (Å²) in [6.07, 6.45) is 12.0. The van der Waals surface area contributed by atoms with Crippen LogP contribution < -0.4 is 0 Å². The lowest BCUT2D eigenvalue weighted by atomic mass is 9.86. The second-order valence-electron chi connectivity index (χ2n) is 3.78. The lowest BCUT2D eigenvalue weighted by molar-refractivity contribution is -0.151. The predicted molar refractivity (Wildman–Crippen MR) is 66.6 cm³/mol. The molecule has 1 N–H and O–H groups in total. The van der Waals surface area contributed by atoms with Gasteiger partial charge >= 0.3 is 5.97 Å². The van der Waals surface area contributed by atoms with Crippen molar-refractivity contribution in [2.24, 2.45) is 11.1 Å². The molecule has 0 aromatic heterocycles. The fourth-order valence-corrected chi connectivity index (χ4v) is 1.35. The molecule has 1 saturated carbocycles. The highest BCUT2D eigenvalue weighted by molar-refractivity contribution is 5.83. The van der Waals surface area contributed by atoms with Crippen LogP contribution in [0.15, 0.2) is 41.3 Å². The Morgan fingerprint density at radius 2 is 2.24 bits per heavy atom. The SMILES string of the molecule is C\C=C/C(/C=N/OC(=O)C1CCC1)=C\C=C\O. The van der Waals surface area contributed by atoms with Crippen molar-refractivity contribution < 1.29 is 14.7 Å². The molecule has 0 aromatic carbocycles. The lowest BCUT2D eigenvalue weighted by Gasteiger charge is -2.20. The van der Waals surface area contributed by atoms with Crippen molar-refractivity contribution >= 4 is 12.2 Å². The molecule has 4 nitrogen and oxygen atoms in total. The molecule has 4 heteroatoms. The molecule has 1 aliphatic rings. The molecule has 0 spiro atoms. The van der Waals surface area contributed by atoms with Crippen molar-refractivity contribution in [1.29, 1.82) is 0 Å². The van der Waals surface area contributed by atoms with Gasteiger partial charge in [0.25, 0.3) is 0 Å². The maximum atomic E-state index is 11.4. The number of nitrogens with zero attached hydrogens (tertiary/aromatic N) is 1. The molecule has 0 atom stereocenters. The maximum Gasteiger partial charge on any atom is 0.338 e. The number of carbonyl (C=O) groups is 1. The molecule has 0 amide bonds. The molecule has 1 rings (SSSR count). The summed E-state index contributed by atoms with van der Waals surface area (Å²) in [5.41, 5.74) is 0.735. The topological polar surface area (TPSA) is 58.9 Å². The second kappa shape index (κ2) is 7.44. The molecule has 0 radical (unpaired) electrons. The Kier molecular flexibility index (Phi) is 5.79. The third-order valence-corrected chi connectivity index (χ3v) is 2.52. The first-order valence-electron chi connectivity index (χ1n) is 5.66. The number of carbonyl (C=O) groups excluding carboxylic acids is 1. The first-order valence-corrected chi connectivity index (χ1v) is 5.66. The number of hydrogen-bond donors (Lipinski definition) is 1. The molecular weight excluding hydrogens is 218 g/mol. The van der Waals surface area contributed by atoms with Gasteiger partial charge in [0.05, 0.1) is 18.4 Å². The Morgan fingerprint density at radius 3 is 2.76 bits per heavy atom. The summed E-state index contributed by atoms with van der Waals surface area (Å²) >= 11 is 0. The molecule has 0 bridgehead atoms. The van der Waals surface area contributed by atoms with Gasteiger partial charge in [-0.2, -0.15) is 0 Å². The van der Waals surface area contributed by atoms with Crippen molar-refractivity contribution in [2.45, 2.75) is 26.2 Å². The van der Waals surface area contributed by atoms with Crippen LogP contribution >= 0.6 is 0 Å². The highest BCUT2D eigenvalue weighted by Gasteiger charge is 2.26. The van der Waals surface area contributed by atoms with Gasteiger partial charge in [-0.1, -0.05) is 29.8 Å². The van der Waals surface area contributed by atoms with Gasteiger partial charge < -0.3 is 9.94 Å². The molecule has 92 valence electrons. The van der Waals surface area contributed by atoms with Crippen LogP contribution in [0.5, 0.6) is 0 Å². The fourth-order valence-electron chi connectivity index (χ4n) is 1.35. The van der Waals surface area contributed by atoms with E-state index in [2.05, 4.69) is 5.16 Å². The van der Waals surface area contributed by atoms with E-state index in [-0.39, 0.29) is 11.9 Å². The monoisotopic (exact) mass is 235 g/mol. The molecule has 17 heavy (non-hydrogen) atoms. The van der Waals surface area contributed by atoms with E-state index in [0.29, 0.717) is 0 Å². The van der Waals surface area contributed by atoms with Gasteiger partial charge in [-0.3, -0.25) is 0 Å². The number of aliphatic hydroxyl groups excluding tert-OH is 1. The van der Waals surface area contributed by atoms with Gasteiger partial charge in [-0.25, -0.2) is 4.79 Å². The average Bonchev–Trinajstić information content (AvgIpc) is 2.23. The summed E-state index contributed by atoms with van der Waals surface area (Å²) in [7, 11) is 0. The van der Waals surface area contributed by atoms with E-state index in [4.69, 9.17) is 9.94 Å². The number of aliphatic hydroxyl groups is 1. The number of hydrogen-bond acceptors (Lipinski definition) is 4. The summed E-state index contributed by atoms with van der Waals surface area (Å²) in [5.74, 6) is -0.233. The van der Waals surface area contributed by atoms with Gasteiger partial charge in [0, 0.05) is 0 Å². The molecule has 1 aliphatic carbocycles. The number of rotatable bonds is 5. The summed E-state index contributed by atoms with van der Waals surface area (Å²) in [6, 6.07) is 0. The lowest BCUT2D eigenvalue weighted by Crippen LogP contribution is -2.22. The van der Waals surface area contributed by atoms with Gasteiger partial charge in [-0.05, 0) is 31.4 Å². The van der Waals surface area contributed by atoms with E-state index in [1.807, 2.05) is 13.0 Å². The van der Waals surface area contributed by atoms with Crippen LogP contribution in [-0.2, 0) is 9.63 Å². The summed E-state index contributed by atoms with van der Waals surface area (Å²) in [4.78, 5) is 16.1. The van der Waals surface area contributed by atoms with Crippen LogP contribution in [0.3, 0.4) is 0 Å². The molecule has 0 saturated heterocycles. The number of allylic oxidation sites excluding steroid dienone is 5. The fraction of sp³-hybridized carbons (Fsp3) is 0.385. The largest absolute Gasteiger partial charge is 0.516 e. The van der Waals surface area contributed by atoms with Gasteiger partial charge in [0.1, 0.15) is 0 Å². The van der Waals surface area contributed by atoms with Crippen LogP contribution in [0, 0.1) is 5.92 Å². The first kappa shape index (κ1) is 13.2. The Bertz CT molecular complexity index is 363. The maximum absolute atomic E-state index is 11.4. The van der Waals surface area contributed by atoms with Crippen molar-refractivity contribution in [3.05, 3.63) is 36.1 Å². The number of oxime groups is 1. The molecular formula is C13H17NO3. The van der Waals surface area contributed by atoms with Gasteiger partial charge in [-0.15, -0.1) is 0 Å². The highest BCUT2D eigenvalue weighted by atomic mass is 16.7. The van der Waals surface area contributed by atoms with E-state index in [9.17, 15) is 4.79 Å². The Balaban J connectivity index is 2.45. The quantitative estimate of drug-likeness (QED) is 0.262. The zero-order valence-electron chi connectivity index (χ0n) is 9.87. The summed E-state index contributed by atoms with van der Waals surface area (Å²) < 4.78 is 0. The van der Waals surface area contributed by atoms with Crippen molar-refractivity contribution in [3.63, 3.8) is 0 Å². The smallest absolute Gasteiger partial charge is 0.338 e. The Hall–Kier alpha value is -1.84. The summed E-state index contributed by atoms with van der Waals surface area (Å²) in [6.45, 7) is 1.87. The van der Waals surface area contributed by atoms with Gasteiger partial charge in [0.2, 0.25) is 0 Å². The molecule has 0 heterocycles. The first-order chi connectivity index (χ1) is 8.27. The van der Waals surface area contributed by atoms with E-state index >= 15 is 0 Å². The Morgan fingerprint density at radius 1 is 1.47 bits per heavy atom. The molecule has 1 fully saturated rings. The van der Waals surface area contributed by atoms with Crippen LogP contribution in [0.1, 0.15) is 26.2 Å². The third-order valence-electron chi connectivity index (χ3n) is 2.52. The molecule has 0 aliphatic heterocycles. The summed E-state index contributed by atoms with van der Waals surface area (Å²) in [5, 5.41) is 12.2. The standard InChI is InChI=1S/C13H17NO3/c1-2-5-11(6-4-9-15)10-14-17-13(16)12-7-3-8-12/h2,4-6,9-10,12,15H,3,7-8H2,1H3/b5-2-,9-4+,11-6+,14-10+. The minimum atomic E-state index is -0.259. The van der Waals surface area contributed by atoms with E-state index < -0.39 is 0 Å². The van der Waals surface area contributed by atoms with E-state index in [0.717, 1.165) is 31.1 Å². The third kappa shape index (κ3) is 4.68. The average molecular weight is 235 g/mol. The predicted octanol–water partition coefficient (Wildman–Crippen LogP) is 2.89. The zero-order valence-corrected chi connectivity index (χ0v) is 9.87. The van der Waals surface area contributed by atoms with Crippen LogP contribution in [0.25, 0.3) is 0 Å².